The molecule has 0 unspecified atom stereocenters. The van der Waals surface area contributed by atoms with Crippen molar-refractivity contribution in [3.8, 4) is 5.75 Å². The van der Waals surface area contributed by atoms with Gasteiger partial charge in [-0.05, 0) is 65.4 Å². The maximum absolute atomic E-state index is 13.9. The van der Waals surface area contributed by atoms with E-state index in [9.17, 15) is 9.18 Å². The van der Waals surface area contributed by atoms with E-state index in [2.05, 4.69) is 17.1 Å². The highest BCUT2D eigenvalue weighted by molar-refractivity contribution is 5.95. The number of imidazole rings is 1. The van der Waals surface area contributed by atoms with E-state index in [1.54, 1.807) is 6.07 Å². The summed E-state index contributed by atoms with van der Waals surface area (Å²) in [4.78, 5) is 15.4. The van der Waals surface area contributed by atoms with Gasteiger partial charge in [-0.15, -0.1) is 0 Å². The van der Waals surface area contributed by atoms with Crippen LogP contribution < -0.4 is 10.4 Å². The number of hydrogen-bond acceptors (Lipinski definition) is 2. The minimum Gasteiger partial charge on any atom is -0.488 e. The summed E-state index contributed by atoms with van der Waals surface area (Å²) < 4.78 is 21.6. The van der Waals surface area contributed by atoms with E-state index >= 15 is 0 Å². The van der Waals surface area contributed by atoms with E-state index in [0.29, 0.717) is 18.4 Å². The molecule has 0 atom stereocenters. The highest BCUT2D eigenvalue weighted by atomic mass is 19.1. The van der Waals surface area contributed by atoms with E-state index in [0.717, 1.165) is 51.7 Å². The van der Waals surface area contributed by atoms with Crippen LogP contribution in [-0.2, 0) is 6.61 Å². The Labute approximate surface area is 172 Å². The molecule has 1 aromatic heterocycles. The molecule has 30 heavy (non-hydrogen) atoms. The van der Waals surface area contributed by atoms with Crippen molar-refractivity contribution in [2.24, 2.45) is 0 Å². The molecule has 4 nitrogen and oxygen atoms in total. The summed E-state index contributed by atoms with van der Waals surface area (Å²) in [5, 5.41) is 0. The third-order valence-electron chi connectivity index (χ3n) is 5.89. The average molecular weight is 398 g/mol. The summed E-state index contributed by atoms with van der Waals surface area (Å²) in [7, 11) is 0. The summed E-state index contributed by atoms with van der Waals surface area (Å²) in [6.07, 6.45) is 4.20. The van der Waals surface area contributed by atoms with Gasteiger partial charge >= 0.3 is 5.69 Å². The Kier molecular flexibility index (Phi) is 3.72. The zero-order valence-corrected chi connectivity index (χ0v) is 16.2. The summed E-state index contributed by atoms with van der Waals surface area (Å²) >= 11 is 0. The Morgan fingerprint density at radius 1 is 1.03 bits per heavy atom. The fourth-order valence-corrected chi connectivity index (χ4v) is 4.30. The molecule has 148 valence electrons. The van der Waals surface area contributed by atoms with Crippen LogP contribution in [0, 0.1) is 5.82 Å². The second-order valence-electron chi connectivity index (χ2n) is 7.95. The number of aromatic amines is 1. The van der Waals surface area contributed by atoms with Gasteiger partial charge in [0.05, 0.1) is 11.0 Å². The zero-order chi connectivity index (χ0) is 20.2. The molecule has 1 aliphatic heterocycles. The predicted molar refractivity (Wildman–Crippen MR) is 115 cm³/mol. The van der Waals surface area contributed by atoms with Gasteiger partial charge in [0.15, 0.2) is 0 Å². The fraction of sp³-hybridized carbons (Fsp3) is 0.160. The Bertz CT molecular complexity index is 1390. The van der Waals surface area contributed by atoms with Crippen molar-refractivity contribution in [2.75, 3.05) is 0 Å². The van der Waals surface area contributed by atoms with Crippen molar-refractivity contribution in [2.45, 2.75) is 25.5 Å². The quantitative estimate of drug-likeness (QED) is 0.499. The zero-order valence-electron chi connectivity index (χ0n) is 16.2. The Morgan fingerprint density at radius 2 is 1.90 bits per heavy atom. The van der Waals surface area contributed by atoms with E-state index in [4.69, 9.17) is 4.74 Å². The van der Waals surface area contributed by atoms with E-state index in [-0.39, 0.29) is 11.5 Å². The lowest BCUT2D eigenvalue weighted by molar-refractivity contribution is 0.305. The van der Waals surface area contributed by atoms with Gasteiger partial charge < -0.3 is 9.72 Å². The Morgan fingerprint density at radius 3 is 2.77 bits per heavy atom. The highest BCUT2D eigenvalue weighted by Gasteiger charge is 2.27. The molecule has 6 rings (SSSR count). The number of benzene rings is 3. The molecule has 0 amide bonds. The molecule has 1 fully saturated rings. The molecule has 2 aliphatic rings. The molecule has 0 bridgehead atoms. The minimum atomic E-state index is -0.320. The third-order valence-corrected chi connectivity index (χ3v) is 5.89. The number of halogens is 1. The molecule has 4 aromatic rings. The molecule has 1 N–H and O–H groups in total. The second kappa shape index (κ2) is 6.46. The van der Waals surface area contributed by atoms with Crippen molar-refractivity contribution >= 4 is 22.7 Å². The first kappa shape index (κ1) is 17.3. The summed E-state index contributed by atoms with van der Waals surface area (Å²) in [6.45, 7) is 0.389. The standard InChI is InChI=1S/C25H19FN2O2/c26-17-6-9-20-21(19-4-2-1-3-16(19)14-30-24(20)13-17)11-15-5-10-23-22(12-15)27-25(29)28(23)18-7-8-18/h1-6,9-13,18H,7-8,14H2,(H,27,29)/b21-11+. The smallest absolute Gasteiger partial charge is 0.326 e. The van der Waals surface area contributed by atoms with E-state index in [1.807, 2.05) is 41.0 Å². The molecular formula is C25H19FN2O2. The van der Waals surface area contributed by atoms with Gasteiger partial charge in [-0.2, -0.15) is 0 Å². The number of nitrogens with one attached hydrogen (secondary N) is 1. The van der Waals surface area contributed by atoms with E-state index < -0.39 is 0 Å². The van der Waals surface area contributed by atoms with E-state index in [1.165, 1.54) is 12.1 Å². The van der Waals surface area contributed by atoms with Crippen LogP contribution in [0.5, 0.6) is 5.75 Å². The van der Waals surface area contributed by atoms with Crippen LogP contribution in [0.1, 0.15) is 41.1 Å². The first-order valence-electron chi connectivity index (χ1n) is 10.1. The largest absolute Gasteiger partial charge is 0.488 e. The normalized spacial score (nSPS) is 16.8. The van der Waals surface area contributed by atoms with Crippen LogP contribution in [0.25, 0.3) is 22.7 Å². The molecule has 3 aromatic carbocycles. The molecule has 1 aliphatic carbocycles. The third kappa shape index (κ3) is 2.77. The molecule has 5 heteroatoms. The van der Waals surface area contributed by atoms with Crippen LogP contribution in [-0.4, -0.2) is 9.55 Å². The maximum atomic E-state index is 13.9. The molecular weight excluding hydrogens is 379 g/mol. The van der Waals surface area contributed by atoms with Crippen LogP contribution in [0.15, 0.2) is 65.5 Å². The fourth-order valence-electron chi connectivity index (χ4n) is 4.30. The number of nitrogens with zero attached hydrogens (tertiary/aromatic N) is 1. The number of H-pyrrole nitrogens is 1. The SMILES string of the molecule is O=c1[nH]c2cc(/C=C3\c4ccccc4COc4cc(F)ccc43)ccc2n1C1CC1. The van der Waals surface area contributed by atoms with Crippen LogP contribution in [0.2, 0.25) is 0 Å². The number of ether oxygens (including phenoxy) is 1. The van der Waals surface area contributed by atoms with Crippen LogP contribution >= 0.6 is 0 Å². The van der Waals surface area contributed by atoms with Gasteiger partial charge in [0, 0.05) is 17.7 Å². The minimum absolute atomic E-state index is 0.0497. The number of rotatable bonds is 2. The second-order valence-corrected chi connectivity index (χ2v) is 7.95. The summed E-state index contributed by atoms with van der Waals surface area (Å²) in [5.41, 5.74) is 6.63. The Hall–Kier alpha value is -3.60. The van der Waals surface area contributed by atoms with Crippen molar-refractivity contribution < 1.29 is 9.13 Å². The molecule has 0 radical (unpaired) electrons. The molecule has 2 heterocycles. The van der Waals surface area contributed by atoms with Crippen molar-refractivity contribution in [3.63, 3.8) is 0 Å². The first-order valence-corrected chi connectivity index (χ1v) is 10.1. The maximum Gasteiger partial charge on any atom is 0.326 e. The topological polar surface area (TPSA) is 47.0 Å². The van der Waals surface area contributed by atoms with Crippen molar-refractivity contribution in [3.05, 3.63) is 99.2 Å². The van der Waals surface area contributed by atoms with Gasteiger partial charge in [0.25, 0.3) is 0 Å². The van der Waals surface area contributed by atoms with Crippen molar-refractivity contribution in [1.29, 1.82) is 0 Å². The number of hydrogen-bond donors (Lipinski definition) is 1. The highest BCUT2D eigenvalue weighted by Crippen LogP contribution is 2.39. The number of fused-ring (bicyclic) bond motifs is 3. The monoisotopic (exact) mass is 398 g/mol. The van der Waals surface area contributed by atoms with Crippen LogP contribution in [0.3, 0.4) is 0 Å². The lowest BCUT2D eigenvalue weighted by Gasteiger charge is -2.11. The number of aromatic nitrogens is 2. The summed E-state index contributed by atoms with van der Waals surface area (Å²) in [5.74, 6) is 0.214. The lowest BCUT2D eigenvalue weighted by atomic mass is 9.92. The van der Waals surface area contributed by atoms with Gasteiger partial charge in [-0.25, -0.2) is 9.18 Å². The lowest BCUT2D eigenvalue weighted by Crippen LogP contribution is -2.14. The molecule has 0 saturated heterocycles. The molecule has 1 saturated carbocycles. The van der Waals surface area contributed by atoms with Gasteiger partial charge in [-0.3, -0.25) is 4.57 Å². The van der Waals surface area contributed by atoms with Gasteiger partial charge in [0.1, 0.15) is 18.2 Å². The van der Waals surface area contributed by atoms with Crippen molar-refractivity contribution in [1.82, 2.24) is 9.55 Å². The average Bonchev–Trinajstić information content (AvgIpc) is 3.54. The molecule has 0 spiro atoms. The predicted octanol–water partition coefficient (Wildman–Crippen LogP) is 5.28. The summed E-state index contributed by atoms with van der Waals surface area (Å²) in [6, 6.07) is 19.1. The Balaban J connectivity index is 1.55. The van der Waals surface area contributed by atoms with Gasteiger partial charge in [0.2, 0.25) is 0 Å². The van der Waals surface area contributed by atoms with Gasteiger partial charge in [-0.1, -0.05) is 30.3 Å². The van der Waals surface area contributed by atoms with Crippen LogP contribution in [0.4, 0.5) is 4.39 Å². The first-order chi connectivity index (χ1) is 14.7.